The van der Waals surface area contributed by atoms with Crippen molar-refractivity contribution in [2.45, 2.75) is 0 Å². The molecule has 0 atom stereocenters. The Morgan fingerprint density at radius 3 is 2.71 bits per heavy atom. The van der Waals surface area contributed by atoms with Gasteiger partial charge in [-0.15, -0.1) is 0 Å². The molecule has 0 saturated heterocycles. The largest absolute Gasteiger partial charge is 0.372 e. The molecule has 0 heterocycles. The van der Waals surface area contributed by atoms with E-state index in [2.05, 4.69) is 16.6 Å². The molecule has 0 aliphatic carbocycles. The fraction of sp³-hybridized carbons (Fsp3) is 0.600. The molecule has 0 amide bonds. The third-order valence-electron chi connectivity index (χ3n) is 0.408. The van der Waals surface area contributed by atoms with E-state index in [-0.39, 0.29) is 0 Å². The van der Waals surface area contributed by atoms with Crippen molar-refractivity contribution in [1.29, 1.82) is 0 Å². The van der Waals surface area contributed by atoms with Crippen molar-refractivity contribution in [3.05, 3.63) is 0 Å². The van der Waals surface area contributed by atoms with E-state index in [0.29, 0.717) is 6.61 Å². The van der Waals surface area contributed by atoms with E-state index in [9.17, 15) is 4.39 Å². The first kappa shape index (κ1) is 6.45. The third-order valence-corrected chi connectivity index (χ3v) is 0.408. The zero-order valence-corrected chi connectivity index (χ0v) is 4.20. The lowest BCUT2D eigenvalue weighted by atomic mass is 10.6. The molecule has 40 valence electrons. The van der Waals surface area contributed by atoms with Crippen molar-refractivity contribution in [2.24, 2.45) is 0 Å². The number of ether oxygens (including phenoxy) is 1. The Morgan fingerprint density at radius 2 is 2.29 bits per heavy atom. The Morgan fingerprint density at radius 1 is 1.57 bits per heavy atom. The van der Waals surface area contributed by atoms with E-state index < -0.39 is 6.67 Å². The first-order valence-electron chi connectivity index (χ1n) is 1.92. The quantitative estimate of drug-likeness (QED) is 0.441. The summed E-state index contributed by atoms with van der Waals surface area (Å²) in [5.74, 6) is 4.64. The summed E-state index contributed by atoms with van der Waals surface area (Å²) in [5, 5.41) is 0. The molecule has 7 heavy (non-hydrogen) atoms. The Kier molecular flexibility index (Phi) is 5.02. The highest BCUT2D eigenvalue weighted by molar-refractivity contribution is 4.98. The Balaban J connectivity index is 2.91. The van der Waals surface area contributed by atoms with E-state index in [1.807, 2.05) is 0 Å². The first-order chi connectivity index (χ1) is 3.41. The van der Waals surface area contributed by atoms with Crippen molar-refractivity contribution < 1.29 is 9.13 Å². The van der Waals surface area contributed by atoms with Crippen LogP contribution in [0.15, 0.2) is 0 Å². The molecule has 0 saturated carbocycles. The van der Waals surface area contributed by atoms with Crippen molar-refractivity contribution in [1.82, 2.24) is 0 Å². The van der Waals surface area contributed by atoms with Crippen molar-refractivity contribution >= 4 is 0 Å². The maximum Gasteiger partial charge on any atom is 0.150 e. The molecule has 0 fully saturated rings. The van der Waals surface area contributed by atoms with Crippen LogP contribution < -0.4 is 0 Å². The molecule has 0 spiro atoms. The van der Waals surface area contributed by atoms with Crippen LogP contribution in [0.2, 0.25) is 0 Å². The molecule has 0 rings (SSSR count). The van der Waals surface area contributed by atoms with Crippen LogP contribution in [0.1, 0.15) is 0 Å². The Hall–Kier alpha value is -0.550. The van der Waals surface area contributed by atoms with Crippen LogP contribution >= 0.6 is 0 Å². The molecular formula is C5H7FO. The second-order valence-corrected chi connectivity index (χ2v) is 0.920. The van der Waals surface area contributed by atoms with Gasteiger partial charge in [0, 0.05) is 7.11 Å². The highest BCUT2D eigenvalue weighted by Gasteiger charge is 1.65. The lowest BCUT2D eigenvalue weighted by molar-refractivity contribution is 0.239. The minimum atomic E-state index is -0.580. The van der Waals surface area contributed by atoms with E-state index in [4.69, 9.17) is 0 Å². The normalized spacial score (nSPS) is 7.14. The smallest absolute Gasteiger partial charge is 0.150 e. The van der Waals surface area contributed by atoms with Crippen LogP contribution in [0.4, 0.5) is 4.39 Å². The van der Waals surface area contributed by atoms with E-state index in [1.165, 1.54) is 7.11 Å². The number of methoxy groups -OCH3 is 1. The number of rotatable bonds is 1. The molecular weight excluding hydrogens is 95.1 g/mol. The molecule has 0 aliphatic heterocycles. The zero-order valence-electron chi connectivity index (χ0n) is 4.20. The van der Waals surface area contributed by atoms with Gasteiger partial charge in [0.15, 0.2) is 0 Å². The third kappa shape index (κ3) is 5.45. The maximum absolute atomic E-state index is 11.1. The van der Waals surface area contributed by atoms with Crippen molar-refractivity contribution in [3.63, 3.8) is 0 Å². The predicted molar refractivity (Wildman–Crippen MR) is 25.6 cm³/mol. The minimum absolute atomic E-state index is 0.323. The van der Waals surface area contributed by atoms with Gasteiger partial charge in [-0.2, -0.15) is 0 Å². The van der Waals surface area contributed by atoms with E-state index in [1.54, 1.807) is 0 Å². The van der Waals surface area contributed by atoms with E-state index in [0.717, 1.165) is 0 Å². The molecule has 0 unspecified atom stereocenters. The minimum Gasteiger partial charge on any atom is -0.372 e. The Labute approximate surface area is 42.5 Å². The van der Waals surface area contributed by atoms with Crippen LogP contribution in [0, 0.1) is 11.8 Å². The highest BCUT2D eigenvalue weighted by atomic mass is 19.1. The topological polar surface area (TPSA) is 9.23 Å². The van der Waals surface area contributed by atoms with Gasteiger partial charge in [-0.05, 0) is 0 Å². The van der Waals surface area contributed by atoms with Gasteiger partial charge >= 0.3 is 0 Å². The molecule has 0 aromatic rings. The second kappa shape index (κ2) is 5.45. The van der Waals surface area contributed by atoms with Gasteiger partial charge in [0.2, 0.25) is 0 Å². The van der Waals surface area contributed by atoms with Gasteiger partial charge in [0.25, 0.3) is 0 Å². The molecule has 0 bridgehead atoms. The summed E-state index contributed by atoms with van der Waals surface area (Å²) in [6.45, 7) is -0.257. The average molecular weight is 102 g/mol. The van der Waals surface area contributed by atoms with E-state index >= 15 is 0 Å². The maximum atomic E-state index is 11.1. The molecule has 0 aromatic heterocycles. The highest BCUT2D eigenvalue weighted by Crippen LogP contribution is 1.62. The van der Waals surface area contributed by atoms with Crippen molar-refractivity contribution in [2.75, 3.05) is 20.4 Å². The lowest BCUT2D eigenvalue weighted by Crippen LogP contribution is -1.80. The second-order valence-electron chi connectivity index (χ2n) is 0.920. The number of halogens is 1. The fourth-order valence-electron chi connectivity index (χ4n) is 0.170. The summed E-state index contributed by atoms with van der Waals surface area (Å²) in [6.07, 6.45) is 0. The summed E-state index contributed by atoms with van der Waals surface area (Å²) in [4.78, 5) is 0. The number of hydrogen-bond donors (Lipinski definition) is 0. The number of alkyl halides is 1. The van der Waals surface area contributed by atoms with Gasteiger partial charge in [0.05, 0.1) is 0 Å². The monoisotopic (exact) mass is 102 g/mol. The van der Waals surface area contributed by atoms with Gasteiger partial charge in [-0.1, -0.05) is 11.8 Å². The molecule has 0 aliphatic rings. The molecule has 2 heteroatoms. The van der Waals surface area contributed by atoms with Gasteiger partial charge in [-0.3, -0.25) is 0 Å². The van der Waals surface area contributed by atoms with Crippen LogP contribution in [-0.2, 0) is 4.74 Å². The standard InChI is InChI=1S/C5H7FO/c1-7-5-3-2-4-6/h4-5H2,1H3. The summed E-state index contributed by atoms with van der Waals surface area (Å²) < 4.78 is 15.6. The average Bonchev–Trinajstić information content (AvgIpc) is 1.69. The summed E-state index contributed by atoms with van der Waals surface area (Å²) >= 11 is 0. The lowest BCUT2D eigenvalue weighted by Gasteiger charge is -1.78. The SMILES string of the molecule is COCC#CCF. The molecule has 0 aromatic carbocycles. The van der Waals surface area contributed by atoms with Crippen molar-refractivity contribution in [3.8, 4) is 11.8 Å². The summed E-state index contributed by atoms with van der Waals surface area (Å²) in [7, 11) is 1.52. The van der Waals surface area contributed by atoms with Crippen LogP contribution in [0.5, 0.6) is 0 Å². The van der Waals surface area contributed by atoms with Gasteiger partial charge in [0.1, 0.15) is 13.3 Å². The fourth-order valence-corrected chi connectivity index (χ4v) is 0.170. The first-order valence-corrected chi connectivity index (χ1v) is 1.92. The summed E-state index contributed by atoms with van der Waals surface area (Å²) in [6, 6.07) is 0. The predicted octanol–water partition coefficient (Wildman–Crippen LogP) is 0.606. The van der Waals surface area contributed by atoms with Crippen LogP contribution in [0.25, 0.3) is 0 Å². The Bertz CT molecular complexity index is 79.8. The zero-order chi connectivity index (χ0) is 5.54. The number of hydrogen-bond acceptors (Lipinski definition) is 1. The summed E-state index contributed by atoms with van der Waals surface area (Å²) in [5.41, 5.74) is 0. The van der Waals surface area contributed by atoms with Crippen LogP contribution in [0.3, 0.4) is 0 Å². The molecule has 1 nitrogen and oxygen atoms in total. The molecule has 0 N–H and O–H groups in total. The van der Waals surface area contributed by atoms with Gasteiger partial charge in [-0.25, -0.2) is 4.39 Å². The van der Waals surface area contributed by atoms with Gasteiger partial charge < -0.3 is 4.74 Å². The molecule has 0 radical (unpaired) electrons. The van der Waals surface area contributed by atoms with Crippen LogP contribution in [-0.4, -0.2) is 20.4 Å².